The molecule has 2 heteroatoms. The van der Waals surface area contributed by atoms with Gasteiger partial charge in [-0.25, -0.2) is 4.99 Å². The molecule has 0 N–H and O–H groups in total. The Bertz CT molecular complexity index is 577. The Labute approximate surface area is 120 Å². The summed E-state index contributed by atoms with van der Waals surface area (Å²) in [6, 6.07) is 10.0. The van der Waals surface area contributed by atoms with Gasteiger partial charge in [-0.3, -0.25) is 0 Å². The largest absolute Gasteiger partial charge is 0.350 e. The molecule has 2 nitrogen and oxygen atoms in total. The summed E-state index contributed by atoms with van der Waals surface area (Å²) >= 11 is 0. The number of nitrogens with zero attached hydrogens (tertiary/aromatic N) is 2. The van der Waals surface area contributed by atoms with E-state index in [0.29, 0.717) is 6.04 Å². The van der Waals surface area contributed by atoms with Crippen LogP contribution in [0.25, 0.3) is 0 Å². The van der Waals surface area contributed by atoms with E-state index in [9.17, 15) is 0 Å². The van der Waals surface area contributed by atoms with Gasteiger partial charge in [0.2, 0.25) is 0 Å². The molecule has 4 bridgehead atoms. The maximum atomic E-state index is 5.12. The molecular formula is C18H22N2. The van der Waals surface area contributed by atoms with Gasteiger partial charge < -0.3 is 4.90 Å². The molecule has 0 spiro atoms. The Morgan fingerprint density at radius 3 is 2.55 bits per heavy atom. The van der Waals surface area contributed by atoms with Crippen molar-refractivity contribution >= 4 is 11.5 Å². The molecule has 0 amide bonds. The standard InChI is InChI=1S/C18H22N2/c1-11-16-4-2-3-5-17(16)19-18-14-7-12-6-13(8-14)10-15(9-12)20(11)18/h2-5,11-15H,6-10H2,1H3/t11?,12-,13-,14?,15?/m0/s1. The molecule has 3 atom stereocenters. The second kappa shape index (κ2) is 3.87. The highest BCUT2D eigenvalue weighted by atomic mass is 15.3. The minimum atomic E-state index is 0.516. The number of hydrogen-bond donors (Lipinski definition) is 0. The van der Waals surface area contributed by atoms with Gasteiger partial charge in [0.05, 0.1) is 11.7 Å². The van der Waals surface area contributed by atoms with E-state index in [0.717, 1.165) is 23.8 Å². The van der Waals surface area contributed by atoms with Gasteiger partial charge in [-0.05, 0) is 56.9 Å². The molecule has 104 valence electrons. The van der Waals surface area contributed by atoms with Gasteiger partial charge in [0.15, 0.2) is 0 Å². The molecule has 1 unspecified atom stereocenters. The molecule has 20 heavy (non-hydrogen) atoms. The second-order valence-electron chi connectivity index (χ2n) is 7.37. The van der Waals surface area contributed by atoms with Crippen molar-refractivity contribution < 1.29 is 0 Å². The molecule has 0 radical (unpaired) electrons. The predicted octanol–water partition coefficient (Wildman–Crippen LogP) is 4.30. The summed E-state index contributed by atoms with van der Waals surface area (Å²) in [4.78, 5) is 7.83. The molecule has 1 aromatic rings. The van der Waals surface area contributed by atoms with E-state index in [1.165, 1.54) is 49.2 Å². The van der Waals surface area contributed by atoms with Gasteiger partial charge in [0.25, 0.3) is 0 Å². The number of benzene rings is 1. The second-order valence-corrected chi connectivity index (χ2v) is 7.37. The van der Waals surface area contributed by atoms with Gasteiger partial charge in [-0.1, -0.05) is 18.2 Å². The average molecular weight is 266 g/mol. The molecule has 1 aromatic carbocycles. The van der Waals surface area contributed by atoms with E-state index in [2.05, 4.69) is 36.1 Å². The van der Waals surface area contributed by atoms with E-state index in [-0.39, 0.29) is 0 Å². The van der Waals surface area contributed by atoms with Crippen molar-refractivity contribution in [3.8, 4) is 0 Å². The van der Waals surface area contributed by atoms with Crippen LogP contribution < -0.4 is 0 Å². The number of rotatable bonds is 0. The maximum absolute atomic E-state index is 5.12. The molecule has 6 rings (SSSR count). The quantitative estimate of drug-likeness (QED) is 0.683. The van der Waals surface area contributed by atoms with Crippen molar-refractivity contribution in [1.29, 1.82) is 0 Å². The molecule has 3 aliphatic heterocycles. The fourth-order valence-electron chi connectivity index (χ4n) is 5.53. The number of hydrogen-bond acceptors (Lipinski definition) is 2. The summed E-state index contributed by atoms with van der Waals surface area (Å²) in [7, 11) is 0. The van der Waals surface area contributed by atoms with Crippen LogP contribution in [0.5, 0.6) is 0 Å². The zero-order chi connectivity index (χ0) is 13.3. The van der Waals surface area contributed by atoms with Gasteiger partial charge in [0.1, 0.15) is 5.84 Å². The summed E-state index contributed by atoms with van der Waals surface area (Å²) < 4.78 is 0. The Hall–Kier alpha value is -1.31. The monoisotopic (exact) mass is 266 g/mol. The van der Waals surface area contributed by atoms with Crippen LogP contribution in [0.1, 0.15) is 50.6 Å². The van der Waals surface area contributed by atoms with Crippen molar-refractivity contribution in [2.75, 3.05) is 0 Å². The van der Waals surface area contributed by atoms with Crippen LogP contribution in [0, 0.1) is 17.8 Å². The summed E-state index contributed by atoms with van der Waals surface area (Å²) in [5, 5.41) is 0. The third-order valence-electron chi connectivity index (χ3n) is 6.18. The van der Waals surface area contributed by atoms with Crippen molar-refractivity contribution in [1.82, 2.24) is 4.90 Å². The van der Waals surface area contributed by atoms with Gasteiger partial charge >= 0.3 is 0 Å². The molecule has 0 aromatic heterocycles. The highest BCUT2D eigenvalue weighted by molar-refractivity contribution is 5.90. The number of fused-ring (bicyclic) bond motifs is 1. The van der Waals surface area contributed by atoms with Crippen molar-refractivity contribution in [2.45, 2.75) is 51.1 Å². The molecule has 3 heterocycles. The lowest BCUT2D eigenvalue weighted by molar-refractivity contribution is 0.117. The normalized spacial score (nSPS) is 41.0. The number of para-hydroxylation sites is 1. The number of aliphatic imine (C=N–C) groups is 1. The average Bonchev–Trinajstić information content (AvgIpc) is 2.61. The fourth-order valence-corrected chi connectivity index (χ4v) is 5.53. The van der Waals surface area contributed by atoms with E-state index < -0.39 is 0 Å². The van der Waals surface area contributed by atoms with Crippen LogP contribution in [0.4, 0.5) is 5.69 Å². The van der Waals surface area contributed by atoms with E-state index in [1.54, 1.807) is 0 Å². The van der Waals surface area contributed by atoms with Crippen LogP contribution >= 0.6 is 0 Å². The summed E-state index contributed by atoms with van der Waals surface area (Å²) in [5.74, 6) is 4.12. The first kappa shape index (κ1) is 11.4. The Balaban J connectivity index is 1.69. The lowest BCUT2D eigenvalue weighted by atomic mass is 9.68. The molecular weight excluding hydrogens is 244 g/mol. The zero-order valence-electron chi connectivity index (χ0n) is 12.1. The Morgan fingerprint density at radius 1 is 1.00 bits per heavy atom. The first-order valence-corrected chi connectivity index (χ1v) is 8.25. The lowest BCUT2D eigenvalue weighted by Crippen LogP contribution is -2.44. The van der Waals surface area contributed by atoms with Gasteiger partial charge in [-0.2, -0.15) is 0 Å². The van der Waals surface area contributed by atoms with Crippen LogP contribution in [0.2, 0.25) is 0 Å². The molecule has 2 aliphatic carbocycles. The topological polar surface area (TPSA) is 15.6 Å². The van der Waals surface area contributed by atoms with Crippen LogP contribution in [0.3, 0.4) is 0 Å². The highest BCUT2D eigenvalue weighted by Gasteiger charge is 2.48. The molecule has 4 fully saturated rings. The molecule has 5 aliphatic rings. The third-order valence-corrected chi connectivity index (χ3v) is 6.18. The maximum Gasteiger partial charge on any atom is 0.109 e. The van der Waals surface area contributed by atoms with Crippen molar-refractivity contribution in [3.63, 3.8) is 0 Å². The van der Waals surface area contributed by atoms with Crippen LogP contribution in [-0.4, -0.2) is 16.8 Å². The van der Waals surface area contributed by atoms with Gasteiger partial charge in [-0.15, -0.1) is 0 Å². The first-order valence-electron chi connectivity index (χ1n) is 8.25. The smallest absolute Gasteiger partial charge is 0.109 e. The zero-order valence-corrected chi connectivity index (χ0v) is 12.1. The predicted molar refractivity (Wildman–Crippen MR) is 81.1 cm³/mol. The van der Waals surface area contributed by atoms with E-state index in [4.69, 9.17) is 4.99 Å². The fraction of sp³-hybridized carbons (Fsp3) is 0.611. The molecule has 2 saturated carbocycles. The van der Waals surface area contributed by atoms with E-state index >= 15 is 0 Å². The minimum absolute atomic E-state index is 0.516. The third kappa shape index (κ3) is 1.43. The highest BCUT2D eigenvalue weighted by Crippen LogP contribution is 2.52. The van der Waals surface area contributed by atoms with Gasteiger partial charge in [0, 0.05) is 17.5 Å². The first-order chi connectivity index (χ1) is 9.79. The van der Waals surface area contributed by atoms with Crippen molar-refractivity contribution in [3.05, 3.63) is 29.8 Å². The van der Waals surface area contributed by atoms with Crippen molar-refractivity contribution in [2.24, 2.45) is 22.7 Å². The number of amidine groups is 1. The molecule has 2 saturated heterocycles. The lowest BCUT2D eigenvalue weighted by Gasteiger charge is -2.42. The minimum Gasteiger partial charge on any atom is -0.350 e. The van der Waals surface area contributed by atoms with Crippen LogP contribution in [-0.2, 0) is 0 Å². The Morgan fingerprint density at radius 2 is 1.75 bits per heavy atom. The Kier molecular flexibility index (Phi) is 2.20. The van der Waals surface area contributed by atoms with Crippen LogP contribution in [0.15, 0.2) is 29.3 Å². The summed E-state index contributed by atoms with van der Waals surface area (Å²) in [6.07, 6.45) is 7.13. The SMILES string of the molecule is CC1c2ccccc2N=C2C3C[C@H]4CC(C[C@H](C3)C4)N21. The van der Waals surface area contributed by atoms with E-state index in [1.807, 2.05) is 0 Å². The summed E-state index contributed by atoms with van der Waals surface area (Å²) in [6.45, 7) is 2.39. The summed E-state index contributed by atoms with van der Waals surface area (Å²) in [5.41, 5.74) is 2.66.